The van der Waals surface area contributed by atoms with E-state index in [0.717, 1.165) is 28.9 Å². The van der Waals surface area contributed by atoms with Gasteiger partial charge in [-0.3, -0.25) is 0 Å². The number of benzene rings is 2. The first-order valence-corrected chi connectivity index (χ1v) is 12.5. The highest BCUT2D eigenvalue weighted by atomic mass is 32.2. The van der Waals surface area contributed by atoms with Crippen molar-refractivity contribution in [3.63, 3.8) is 0 Å². The highest BCUT2D eigenvalue weighted by Gasteiger charge is 2.39. The normalized spacial score (nSPS) is 17.2. The third-order valence-corrected chi connectivity index (χ3v) is 7.79. The van der Waals surface area contributed by atoms with Gasteiger partial charge in [-0.1, -0.05) is 39.8 Å². The Kier molecular flexibility index (Phi) is 6.01. The van der Waals surface area contributed by atoms with Gasteiger partial charge in [-0.25, -0.2) is 13.6 Å². The molecule has 162 valence electrons. The Bertz CT molecular complexity index is 1120. The summed E-state index contributed by atoms with van der Waals surface area (Å²) in [7, 11) is -3.74. The smallest absolute Gasteiger partial charge is 0.238 e. The molecule has 5 nitrogen and oxygen atoms in total. The average molecular weight is 464 g/mol. The number of thioether (sulfide) groups is 1. The van der Waals surface area contributed by atoms with Gasteiger partial charge in [0.2, 0.25) is 10.0 Å². The minimum Gasteiger partial charge on any atom is -0.332 e. The fraction of sp³-hybridized carbons (Fsp3) is 0.409. The van der Waals surface area contributed by atoms with Crippen LogP contribution in [0.25, 0.3) is 0 Å². The molecule has 3 rings (SSSR count). The van der Waals surface area contributed by atoms with Crippen LogP contribution >= 0.6 is 24.0 Å². The van der Waals surface area contributed by atoms with E-state index in [1.807, 2.05) is 18.7 Å². The number of nitrogens with two attached hydrogens (primary N) is 1. The lowest BCUT2D eigenvalue weighted by Gasteiger charge is -2.42. The Labute approximate surface area is 189 Å². The van der Waals surface area contributed by atoms with E-state index < -0.39 is 10.0 Å². The standard InChI is InChI=1S/C22H29N3O2S3/c1-13-7-9-16-19(29-22(5,6)12-21(16,3)4)18(13)25-20(28)24-17-10-8-15(11-14(17)2)30(23,26)27/h7-11H,12H2,1-6H3,(H2,23,26,27)(H2,24,25,28). The van der Waals surface area contributed by atoms with Crippen LogP contribution in [0.15, 0.2) is 40.1 Å². The molecule has 1 aliphatic rings. The fourth-order valence-corrected chi connectivity index (χ4v) is 6.73. The molecule has 8 heteroatoms. The third kappa shape index (κ3) is 4.82. The van der Waals surface area contributed by atoms with E-state index >= 15 is 0 Å². The van der Waals surface area contributed by atoms with Crippen molar-refractivity contribution in [2.24, 2.45) is 5.14 Å². The van der Waals surface area contributed by atoms with Gasteiger partial charge in [0, 0.05) is 15.3 Å². The number of anilines is 2. The zero-order chi connectivity index (χ0) is 22.5. The second kappa shape index (κ2) is 7.82. The summed E-state index contributed by atoms with van der Waals surface area (Å²) in [4.78, 5) is 1.32. The number of hydrogen-bond donors (Lipinski definition) is 3. The maximum atomic E-state index is 11.6. The van der Waals surface area contributed by atoms with Gasteiger partial charge >= 0.3 is 0 Å². The zero-order valence-electron chi connectivity index (χ0n) is 18.2. The number of hydrogen-bond acceptors (Lipinski definition) is 4. The molecular weight excluding hydrogens is 434 g/mol. The van der Waals surface area contributed by atoms with Crippen molar-refractivity contribution >= 4 is 50.5 Å². The van der Waals surface area contributed by atoms with E-state index in [0.29, 0.717) is 5.11 Å². The molecule has 2 aromatic rings. The van der Waals surface area contributed by atoms with Gasteiger partial charge in [0.25, 0.3) is 0 Å². The highest BCUT2D eigenvalue weighted by Crippen LogP contribution is 2.53. The summed E-state index contributed by atoms with van der Waals surface area (Å²) in [6.45, 7) is 13.0. The molecule has 0 spiro atoms. The van der Waals surface area contributed by atoms with E-state index in [9.17, 15) is 8.42 Å². The van der Waals surface area contributed by atoms with Gasteiger partial charge in [-0.05, 0) is 72.8 Å². The molecule has 1 aliphatic heterocycles. The Morgan fingerprint density at radius 2 is 1.73 bits per heavy atom. The van der Waals surface area contributed by atoms with Gasteiger partial charge in [0.05, 0.1) is 10.6 Å². The summed E-state index contributed by atoms with van der Waals surface area (Å²) in [5.41, 5.74) is 5.03. The number of rotatable bonds is 3. The van der Waals surface area contributed by atoms with Crippen molar-refractivity contribution < 1.29 is 8.42 Å². The third-order valence-electron chi connectivity index (χ3n) is 5.35. The maximum Gasteiger partial charge on any atom is 0.238 e. The zero-order valence-corrected chi connectivity index (χ0v) is 20.7. The molecule has 0 aromatic heterocycles. The first-order valence-electron chi connectivity index (χ1n) is 9.74. The van der Waals surface area contributed by atoms with E-state index in [4.69, 9.17) is 17.4 Å². The molecule has 0 saturated heterocycles. The molecule has 0 amide bonds. The minimum atomic E-state index is -3.74. The van der Waals surface area contributed by atoms with Crippen LogP contribution in [0.4, 0.5) is 11.4 Å². The molecule has 2 aromatic carbocycles. The molecule has 0 saturated carbocycles. The number of fused-ring (bicyclic) bond motifs is 1. The van der Waals surface area contributed by atoms with Crippen molar-refractivity contribution in [1.82, 2.24) is 0 Å². The Balaban J connectivity index is 1.90. The van der Waals surface area contributed by atoms with Crippen molar-refractivity contribution in [2.45, 2.75) is 67.9 Å². The summed E-state index contributed by atoms with van der Waals surface area (Å²) in [6, 6.07) is 9.05. The summed E-state index contributed by atoms with van der Waals surface area (Å²) < 4.78 is 23.2. The lowest BCUT2D eigenvalue weighted by molar-refractivity contribution is 0.408. The lowest BCUT2D eigenvalue weighted by atomic mass is 9.76. The number of primary sulfonamides is 1. The summed E-state index contributed by atoms with van der Waals surface area (Å²) in [5.74, 6) is 0. The first kappa shape index (κ1) is 23.1. The lowest BCUT2D eigenvalue weighted by Crippen LogP contribution is -2.34. The molecular formula is C22H29N3O2S3. The number of aryl methyl sites for hydroxylation is 2. The second-order valence-corrected chi connectivity index (χ2v) is 12.8. The van der Waals surface area contributed by atoms with Gasteiger partial charge in [-0.15, -0.1) is 11.8 Å². The van der Waals surface area contributed by atoms with E-state index in [1.165, 1.54) is 22.6 Å². The van der Waals surface area contributed by atoms with Crippen LogP contribution < -0.4 is 15.8 Å². The Morgan fingerprint density at radius 3 is 2.33 bits per heavy atom. The van der Waals surface area contributed by atoms with Crippen LogP contribution in [-0.4, -0.2) is 18.3 Å². The molecule has 0 unspecified atom stereocenters. The van der Waals surface area contributed by atoms with Crippen molar-refractivity contribution in [2.75, 3.05) is 10.6 Å². The average Bonchev–Trinajstić information content (AvgIpc) is 2.56. The van der Waals surface area contributed by atoms with Crippen LogP contribution in [-0.2, 0) is 15.4 Å². The molecule has 30 heavy (non-hydrogen) atoms. The second-order valence-electron chi connectivity index (χ2n) is 9.16. The molecule has 0 bridgehead atoms. The van der Waals surface area contributed by atoms with Crippen molar-refractivity contribution in [3.8, 4) is 0 Å². The van der Waals surface area contributed by atoms with Crippen LogP contribution in [0.2, 0.25) is 0 Å². The SMILES string of the molecule is Cc1cc(S(N)(=O)=O)ccc1NC(=S)Nc1c(C)ccc2c1SC(C)(C)CC2(C)C. The predicted molar refractivity (Wildman–Crippen MR) is 131 cm³/mol. The van der Waals surface area contributed by atoms with Crippen molar-refractivity contribution in [1.29, 1.82) is 0 Å². The number of sulfonamides is 1. The fourth-order valence-electron chi connectivity index (χ4n) is 4.17. The molecule has 0 atom stereocenters. The van der Waals surface area contributed by atoms with Crippen LogP contribution in [0, 0.1) is 13.8 Å². The summed E-state index contributed by atoms with van der Waals surface area (Å²) in [5, 5.41) is 12.3. The van der Waals surface area contributed by atoms with Gasteiger partial charge < -0.3 is 10.6 Å². The van der Waals surface area contributed by atoms with Crippen LogP contribution in [0.3, 0.4) is 0 Å². The predicted octanol–water partition coefficient (Wildman–Crippen LogP) is 5.31. The Hall–Kier alpha value is -1.61. The van der Waals surface area contributed by atoms with Crippen LogP contribution in [0.5, 0.6) is 0 Å². The summed E-state index contributed by atoms with van der Waals surface area (Å²) >= 11 is 7.47. The first-order chi connectivity index (χ1) is 13.7. The molecule has 1 heterocycles. The molecule has 4 N–H and O–H groups in total. The minimum absolute atomic E-state index is 0.0728. The largest absolute Gasteiger partial charge is 0.332 e. The topological polar surface area (TPSA) is 84.2 Å². The van der Waals surface area contributed by atoms with E-state index in [-0.39, 0.29) is 15.1 Å². The van der Waals surface area contributed by atoms with Gasteiger partial charge in [-0.2, -0.15) is 0 Å². The number of thiocarbonyl (C=S) groups is 1. The van der Waals surface area contributed by atoms with Gasteiger partial charge in [0.15, 0.2) is 5.11 Å². The molecule has 0 aliphatic carbocycles. The van der Waals surface area contributed by atoms with Gasteiger partial charge in [0.1, 0.15) is 0 Å². The quantitative estimate of drug-likeness (QED) is 0.535. The monoisotopic (exact) mass is 463 g/mol. The highest BCUT2D eigenvalue weighted by molar-refractivity contribution is 8.01. The van der Waals surface area contributed by atoms with E-state index in [2.05, 4.69) is 57.4 Å². The Morgan fingerprint density at radius 1 is 1.07 bits per heavy atom. The van der Waals surface area contributed by atoms with E-state index in [1.54, 1.807) is 6.07 Å². The summed E-state index contributed by atoms with van der Waals surface area (Å²) in [6.07, 6.45) is 1.10. The number of nitrogens with one attached hydrogen (secondary N) is 2. The maximum absolute atomic E-state index is 11.6. The molecule has 0 radical (unpaired) electrons. The van der Waals surface area contributed by atoms with Crippen molar-refractivity contribution in [3.05, 3.63) is 47.0 Å². The molecule has 0 fully saturated rings. The van der Waals surface area contributed by atoms with Crippen LogP contribution in [0.1, 0.15) is 50.8 Å².